The van der Waals surface area contributed by atoms with E-state index < -0.39 is 6.04 Å². The van der Waals surface area contributed by atoms with E-state index in [2.05, 4.69) is 62.4 Å². The number of benzene rings is 2. The van der Waals surface area contributed by atoms with Crippen molar-refractivity contribution in [2.24, 2.45) is 0 Å². The molecular formula is C30H37N7O3. The summed E-state index contributed by atoms with van der Waals surface area (Å²) in [5.41, 5.74) is 5.06. The number of H-pyrrole nitrogens is 1. The van der Waals surface area contributed by atoms with Crippen LogP contribution in [0.15, 0.2) is 47.3 Å². The van der Waals surface area contributed by atoms with Crippen molar-refractivity contribution in [2.45, 2.75) is 52.3 Å². The van der Waals surface area contributed by atoms with Crippen molar-refractivity contribution in [3.63, 3.8) is 0 Å². The van der Waals surface area contributed by atoms with Gasteiger partial charge in [0, 0.05) is 54.9 Å². The molecule has 1 N–H and O–H groups in total. The maximum atomic E-state index is 13.6. The number of ether oxygens (including phenoxy) is 2. The van der Waals surface area contributed by atoms with E-state index in [1.54, 1.807) is 0 Å². The van der Waals surface area contributed by atoms with Crippen LogP contribution in [0.1, 0.15) is 48.3 Å². The van der Waals surface area contributed by atoms with Crippen LogP contribution < -0.4 is 15.2 Å². The van der Waals surface area contributed by atoms with Crippen LogP contribution in [0.25, 0.3) is 10.9 Å². The third-order valence-electron chi connectivity index (χ3n) is 8.04. The molecule has 0 aliphatic carbocycles. The van der Waals surface area contributed by atoms with Crippen LogP contribution in [0.4, 0.5) is 5.69 Å². The molecule has 2 atom stereocenters. The quantitative estimate of drug-likeness (QED) is 0.360. The molecular weight excluding hydrogens is 506 g/mol. The minimum Gasteiger partial charge on any atom is -0.494 e. The van der Waals surface area contributed by atoms with Gasteiger partial charge in [0.05, 0.1) is 19.3 Å². The molecule has 2 aliphatic heterocycles. The summed E-state index contributed by atoms with van der Waals surface area (Å²) in [5.74, 6) is 1.44. The van der Waals surface area contributed by atoms with Crippen molar-refractivity contribution < 1.29 is 9.47 Å². The number of fused-ring (bicyclic) bond motifs is 1. The highest BCUT2D eigenvalue weighted by Crippen LogP contribution is 2.31. The molecule has 0 unspecified atom stereocenters. The van der Waals surface area contributed by atoms with Gasteiger partial charge in [-0.25, -0.2) is 4.68 Å². The maximum absolute atomic E-state index is 13.6. The molecule has 2 aliphatic rings. The van der Waals surface area contributed by atoms with Gasteiger partial charge in [0.1, 0.15) is 11.8 Å². The highest BCUT2D eigenvalue weighted by Gasteiger charge is 2.34. The SMILES string of the molecule is CCOc1ccc2[nH]c(=O)c([C@@H](c3nnnn3C[C@H]3CCCO3)N3CCN(c4cc(C)ccc4C)CC3)cc2c1. The highest BCUT2D eigenvalue weighted by atomic mass is 16.5. The number of hydrogen-bond donors (Lipinski definition) is 1. The number of rotatable bonds is 8. The summed E-state index contributed by atoms with van der Waals surface area (Å²) >= 11 is 0. The fourth-order valence-electron chi connectivity index (χ4n) is 5.96. The van der Waals surface area contributed by atoms with Gasteiger partial charge in [-0.05, 0) is 85.5 Å². The summed E-state index contributed by atoms with van der Waals surface area (Å²) in [6.07, 6.45) is 2.10. The molecule has 0 spiro atoms. The van der Waals surface area contributed by atoms with E-state index >= 15 is 0 Å². The van der Waals surface area contributed by atoms with E-state index in [1.807, 2.05) is 35.9 Å². The topological polar surface area (TPSA) is 101 Å². The molecule has 4 aromatic rings. The Kier molecular flexibility index (Phi) is 7.53. The van der Waals surface area contributed by atoms with Gasteiger partial charge in [0.2, 0.25) is 0 Å². The molecule has 10 heteroatoms. The Hall–Kier alpha value is -3.76. The molecule has 2 aromatic carbocycles. The molecule has 0 saturated carbocycles. The van der Waals surface area contributed by atoms with Crippen molar-refractivity contribution in [2.75, 3.05) is 44.3 Å². The number of aromatic amines is 1. The van der Waals surface area contributed by atoms with Gasteiger partial charge in [-0.15, -0.1) is 5.10 Å². The number of piperazine rings is 1. The van der Waals surface area contributed by atoms with E-state index in [1.165, 1.54) is 16.8 Å². The van der Waals surface area contributed by atoms with Crippen LogP contribution in [0, 0.1) is 13.8 Å². The number of nitrogens with zero attached hydrogens (tertiary/aromatic N) is 6. The van der Waals surface area contributed by atoms with Crippen molar-refractivity contribution in [3.8, 4) is 5.75 Å². The highest BCUT2D eigenvalue weighted by molar-refractivity contribution is 5.80. The summed E-state index contributed by atoms with van der Waals surface area (Å²) in [6.45, 7) is 11.4. The van der Waals surface area contributed by atoms with Crippen LogP contribution in [0.3, 0.4) is 0 Å². The number of aryl methyl sites for hydroxylation is 2. The van der Waals surface area contributed by atoms with Gasteiger partial charge in [-0.3, -0.25) is 9.69 Å². The molecule has 0 bridgehead atoms. The minimum atomic E-state index is -0.402. The van der Waals surface area contributed by atoms with Crippen molar-refractivity contribution in [1.82, 2.24) is 30.1 Å². The minimum absolute atomic E-state index is 0.0766. The first-order valence-electron chi connectivity index (χ1n) is 14.2. The molecule has 40 heavy (non-hydrogen) atoms. The third-order valence-corrected chi connectivity index (χ3v) is 8.04. The standard InChI is InChI=1S/C30H37N7O3/c1-4-39-23-9-10-26-22(17-23)18-25(30(38)31-26)28(29-32-33-34-37(29)19-24-6-5-15-40-24)36-13-11-35(12-14-36)27-16-20(2)7-8-21(27)3/h7-10,16-18,24,28H,4-6,11-15,19H2,1-3H3,(H,31,38)/t24-,28+/m1/s1. The van der Waals surface area contributed by atoms with Gasteiger partial charge in [0.15, 0.2) is 5.82 Å². The van der Waals surface area contributed by atoms with Gasteiger partial charge in [-0.2, -0.15) is 0 Å². The smallest absolute Gasteiger partial charge is 0.253 e. The van der Waals surface area contributed by atoms with Crippen molar-refractivity contribution in [1.29, 1.82) is 0 Å². The number of nitrogens with one attached hydrogen (secondary N) is 1. The van der Waals surface area contributed by atoms with Crippen molar-refractivity contribution >= 4 is 16.6 Å². The zero-order chi connectivity index (χ0) is 27.6. The van der Waals surface area contributed by atoms with Gasteiger partial charge in [0.25, 0.3) is 5.56 Å². The van der Waals surface area contributed by atoms with E-state index in [0.717, 1.165) is 62.3 Å². The van der Waals surface area contributed by atoms with Gasteiger partial charge >= 0.3 is 0 Å². The molecule has 0 radical (unpaired) electrons. The zero-order valence-corrected chi connectivity index (χ0v) is 23.5. The Morgan fingerprint density at radius 1 is 1.10 bits per heavy atom. The molecule has 10 nitrogen and oxygen atoms in total. The number of pyridine rings is 1. The fourth-order valence-corrected chi connectivity index (χ4v) is 5.96. The van der Waals surface area contributed by atoms with E-state index in [4.69, 9.17) is 9.47 Å². The second-order valence-electron chi connectivity index (χ2n) is 10.8. The lowest BCUT2D eigenvalue weighted by Gasteiger charge is -2.40. The fraction of sp³-hybridized carbons (Fsp3) is 0.467. The predicted octanol–water partition coefficient (Wildman–Crippen LogP) is 3.62. The second kappa shape index (κ2) is 11.4. The van der Waals surface area contributed by atoms with Crippen LogP contribution in [0.5, 0.6) is 5.75 Å². The van der Waals surface area contributed by atoms with Gasteiger partial charge < -0.3 is 19.4 Å². The monoisotopic (exact) mass is 543 g/mol. The number of hydrogen-bond acceptors (Lipinski definition) is 8. The Bertz CT molecular complexity index is 1530. The molecule has 2 saturated heterocycles. The lowest BCUT2D eigenvalue weighted by Crippen LogP contribution is -2.49. The zero-order valence-electron chi connectivity index (χ0n) is 23.5. The summed E-state index contributed by atoms with van der Waals surface area (Å²) in [4.78, 5) is 21.5. The Balaban J connectivity index is 1.37. The van der Waals surface area contributed by atoms with E-state index in [9.17, 15) is 4.79 Å². The summed E-state index contributed by atoms with van der Waals surface area (Å²) in [7, 11) is 0. The largest absolute Gasteiger partial charge is 0.494 e. The molecule has 2 aromatic heterocycles. The van der Waals surface area contributed by atoms with Crippen LogP contribution in [-0.4, -0.2) is 75.6 Å². The lowest BCUT2D eigenvalue weighted by molar-refractivity contribution is 0.0906. The van der Waals surface area contributed by atoms with Gasteiger partial charge in [-0.1, -0.05) is 12.1 Å². The third kappa shape index (κ3) is 5.33. The molecule has 6 rings (SSSR count). The summed E-state index contributed by atoms with van der Waals surface area (Å²) < 4.78 is 13.5. The number of anilines is 1. The molecule has 0 amide bonds. The van der Waals surface area contributed by atoms with Crippen LogP contribution in [-0.2, 0) is 11.3 Å². The first-order valence-corrected chi connectivity index (χ1v) is 14.2. The average molecular weight is 544 g/mol. The summed E-state index contributed by atoms with van der Waals surface area (Å²) in [5, 5.41) is 13.8. The molecule has 4 heterocycles. The summed E-state index contributed by atoms with van der Waals surface area (Å²) in [6, 6.07) is 13.9. The maximum Gasteiger partial charge on any atom is 0.253 e. The Labute approximate surface area is 233 Å². The lowest BCUT2D eigenvalue weighted by atomic mass is 10.0. The molecule has 2 fully saturated rings. The average Bonchev–Trinajstić information content (AvgIpc) is 3.64. The Morgan fingerprint density at radius 3 is 2.73 bits per heavy atom. The van der Waals surface area contributed by atoms with E-state index in [0.29, 0.717) is 24.5 Å². The predicted molar refractivity (Wildman–Crippen MR) is 154 cm³/mol. The first-order chi connectivity index (χ1) is 19.5. The number of tetrazole rings is 1. The first kappa shape index (κ1) is 26.5. The second-order valence-corrected chi connectivity index (χ2v) is 10.8. The Morgan fingerprint density at radius 2 is 1.95 bits per heavy atom. The van der Waals surface area contributed by atoms with Crippen molar-refractivity contribution in [3.05, 3.63) is 75.3 Å². The number of aromatic nitrogens is 5. The normalized spacial score (nSPS) is 18.9. The van der Waals surface area contributed by atoms with E-state index in [-0.39, 0.29) is 11.7 Å². The van der Waals surface area contributed by atoms with Crippen LogP contribution in [0.2, 0.25) is 0 Å². The molecule has 210 valence electrons. The van der Waals surface area contributed by atoms with Crippen LogP contribution >= 0.6 is 0 Å².